The maximum atomic E-state index is 13.5. The molecule has 1 heterocycles. The molecule has 10 heteroatoms. The maximum absolute atomic E-state index is 13.5. The molecule has 1 saturated heterocycles. The Kier molecular flexibility index (Phi) is 5.42. The molecule has 0 radical (unpaired) electrons. The van der Waals surface area contributed by atoms with Gasteiger partial charge in [0.2, 0.25) is 0 Å². The standard InChI is InChI=1S/C16H22F6N2O2/c1-10-8-11(23-24-4-6-26-7-5-24)12(13(2,3)9-10)14(25,15(17,18)19)16(20,21)22/h8,12,25H,4-7,9H2,1-3H3/b23-11+/t12-/m0/s1. The summed E-state index contributed by atoms with van der Waals surface area (Å²) in [6.07, 6.45) is -10.6. The van der Waals surface area contributed by atoms with Gasteiger partial charge in [0.1, 0.15) is 0 Å². The van der Waals surface area contributed by atoms with Gasteiger partial charge in [0, 0.05) is 0 Å². The van der Waals surface area contributed by atoms with Gasteiger partial charge in [-0.3, -0.25) is 5.01 Å². The molecule has 150 valence electrons. The van der Waals surface area contributed by atoms with Crippen molar-refractivity contribution in [3.8, 4) is 0 Å². The van der Waals surface area contributed by atoms with Crippen molar-refractivity contribution in [3.05, 3.63) is 11.6 Å². The van der Waals surface area contributed by atoms with Crippen LogP contribution in [0.2, 0.25) is 0 Å². The molecular formula is C16H22F6N2O2. The first-order valence-electron chi connectivity index (χ1n) is 8.14. The second kappa shape index (κ2) is 6.70. The Morgan fingerprint density at radius 3 is 2.08 bits per heavy atom. The minimum absolute atomic E-state index is 0.0196. The van der Waals surface area contributed by atoms with Crippen LogP contribution in [0.15, 0.2) is 16.8 Å². The average molecular weight is 388 g/mol. The van der Waals surface area contributed by atoms with Crippen molar-refractivity contribution in [2.24, 2.45) is 16.4 Å². The summed E-state index contributed by atoms with van der Waals surface area (Å²) in [6, 6.07) is 0. The molecule has 4 nitrogen and oxygen atoms in total. The van der Waals surface area contributed by atoms with E-state index in [1.165, 1.54) is 24.9 Å². The fourth-order valence-corrected chi connectivity index (χ4v) is 3.78. The van der Waals surface area contributed by atoms with Crippen LogP contribution in [0.5, 0.6) is 0 Å². The highest BCUT2D eigenvalue weighted by atomic mass is 19.4. The SMILES string of the molecule is CC1=C/C(=N\N2CCOCC2)[C@H](C(O)(C(F)(F)F)C(F)(F)F)C(C)(C)C1. The van der Waals surface area contributed by atoms with Crippen molar-refractivity contribution < 1.29 is 36.2 Å². The Bertz CT molecular complexity index is 575. The van der Waals surface area contributed by atoms with Crippen molar-refractivity contribution in [3.63, 3.8) is 0 Å². The quantitative estimate of drug-likeness (QED) is 0.737. The van der Waals surface area contributed by atoms with Crippen LogP contribution >= 0.6 is 0 Å². The van der Waals surface area contributed by atoms with Crippen molar-refractivity contribution in [2.75, 3.05) is 26.3 Å². The van der Waals surface area contributed by atoms with Crippen LogP contribution in [0.3, 0.4) is 0 Å². The summed E-state index contributed by atoms with van der Waals surface area (Å²) in [6.45, 7) is 5.23. The lowest BCUT2D eigenvalue weighted by Crippen LogP contribution is -2.67. The molecule has 0 aromatic carbocycles. The highest BCUT2D eigenvalue weighted by Crippen LogP contribution is 2.56. The zero-order chi connectivity index (χ0) is 20.0. The Morgan fingerprint density at radius 2 is 1.62 bits per heavy atom. The fraction of sp³-hybridized carbons (Fsp3) is 0.812. The lowest BCUT2D eigenvalue weighted by Gasteiger charge is -2.48. The lowest BCUT2D eigenvalue weighted by molar-refractivity contribution is -0.385. The fourth-order valence-electron chi connectivity index (χ4n) is 3.78. The molecule has 0 aromatic rings. The molecule has 0 saturated carbocycles. The van der Waals surface area contributed by atoms with Gasteiger partial charge in [0.05, 0.1) is 37.9 Å². The number of allylic oxidation sites excluding steroid dienone is 2. The van der Waals surface area contributed by atoms with Crippen LogP contribution in [-0.4, -0.2) is 60.1 Å². The zero-order valence-corrected chi connectivity index (χ0v) is 14.7. The minimum atomic E-state index is -5.90. The third kappa shape index (κ3) is 3.71. The predicted octanol–water partition coefficient (Wildman–Crippen LogP) is 3.52. The molecule has 1 aliphatic heterocycles. The van der Waals surface area contributed by atoms with Crippen LogP contribution in [0.1, 0.15) is 27.2 Å². The Hall–Kier alpha value is -1.29. The normalized spacial score (nSPS) is 26.8. The molecule has 0 bridgehead atoms. The smallest absolute Gasteiger partial charge is 0.378 e. The molecule has 2 aliphatic rings. The summed E-state index contributed by atoms with van der Waals surface area (Å²) < 4.78 is 86.1. The lowest BCUT2D eigenvalue weighted by atomic mass is 9.61. The van der Waals surface area contributed by atoms with E-state index in [1.54, 1.807) is 6.92 Å². The third-order valence-electron chi connectivity index (χ3n) is 4.73. The van der Waals surface area contributed by atoms with Gasteiger partial charge in [0.15, 0.2) is 0 Å². The highest BCUT2D eigenvalue weighted by molar-refractivity contribution is 5.99. The summed E-state index contributed by atoms with van der Waals surface area (Å²) in [7, 11) is 0. The molecule has 1 atom stereocenters. The molecule has 0 unspecified atom stereocenters. The number of ether oxygens (including phenoxy) is 1. The van der Waals surface area contributed by atoms with Gasteiger partial charge in [-0.15, -0.1) is 0 Å². The van der Waals surface area contributed by atoms with E-state index in [0.29, 0.717) is 5.57 Å². The number of halogens is 6. The van der Waals surface area contributed by atoms with Gasteiger partial charge in [0.25, 0.3) is 5.60 Å². The van der Waals surface area contributed by atoms with Crippen molar-refractivity contribution in [1.82, 2.24) is 5.01 Å². The maximum Gasteiger partial charge on any atom is 0.426 e. The number of hydrogen-bond donors (Lipinski definition) is 1. The molecule has 26 heavy (non-hydrogen) atoms. The van der Waals surface area contributed by atoms with Gasteiger partial charge in [-0.25, -0.2) is 0 Å². The highest BCUT2D eigenvalue weighted by Gasteiger charge is 2.76. The van der Waals surface area contributed by atoms with E-state index in [-0.39, 0.29) is 32.7 Å². The Balaban J connectivity index is 2.63. The van der Waals surface area contributed by atoms with E-state index in [9.17, 15) is 31.4 Å². The number of alkyl halides is 6. The Morgan fingerprint density at radius 1 is 1.12 bits per heavy atom. The molecular weight excluding hydrogens is 366 g/mol. The molecule has 0 aromatic heterocycles. The first kappa shape index (κ1) is 21.0. The van der Waals surface area contributed by atoms with E-state index in [2.05, 4.69) is 5.10 Å². The number of aliphatic hydroxyl groups is 1. The van der Waals surface area contributed by atoms with E-state index in [1.807, 2.05) is 0 Å². The average Bonchev–Trinajstić information content (AvgIpc) is 2.43. The van der Waals surface area contributed by atoms with Crippen molar-refractivity contribution >= 4 is 5.71 Å². The molecule has 0 spiro atoms. The van der Waals surface area contributed by atoms with Gasteiger partial charge >= 0.3 is 12.4 Å². The zero-order valence-electron chi connectivity index (χ0n) is 14.7. The van der Waals surface area contributed by atoms with Crippen LogP contribution in [0.4, 0.5) is 26.3 Å². The van der Waals surface area contributed by atoms with Crippen molar-refractivity contribution in [2.45, 2.75) is 45.1 Å². The van der Waals surface area contributed by atoms with Crippen LogP contribution in [0.25, 0.3) is 0 Å². The summed E-state index contributed by atoms with van der Waals surface area (Å²) in [5, 5.41) is 15.5. The molecule has 1 aliphatic carbocycles. The van der Waals surface area contributed by atoms with Crippen LogP contribution in [-0.2, 0) is 4.74 Å². The van der Waals surface area contributed by atoms with Crippen LogP contribution < -0.4 is 0 Å². The number of hydrazone groups is 1. The van der Waals surface area contributed by atoms with E-state index in [0.717, 1.165) is 0 Å². The van der Waals surface area contributed by atoms with Crippen LogP contribution in [0, 0.1) is 11.3 Å². The third-order valence-corrected chi connectivity index (χ3v) is 4.73. The predicted molar refractivity (Wildman–Crippen MR) is 82.5 cm³/mol. The summed E-state index contributed by atoms with van der Waals surface area (Å²) in [4.78, 5) is 0. The number of morpholine rings is 1. The second-order valence-electron chi connectivity index (χ2n) is 7.44. The number of hydrogen-bond acceptors (Lipinski definition) is 4. The van der Waals surface area contributed by atoms with Gasteiger partial charge in [-0.05, 0) is 24.8 Å². The molecule has 1 fully saturated rings. The summed E-state index contributed by atoms with van der Waals surface area (Å²) in [5.41, 5.74) is -6.22. The van der Waals surface area contributed by atoms with Gasteiger partial charge in [-0.1, -0.05) is 19.4 Å². The monoisotopic (exact) mass is 388 g/mol. The van der Waals surface area contributed by atoms with E-state index in [4.69, 9.17) is 4.74 Å². The van der Waals surface area contributed by atoms with Gasteiger partial charge in [-0.2, -0.15) is 31.4 Å². The topological polar surface area (TPSA) is 45.1 Å². The minimum Gasteiger partial charge on any atom is -0.378 e. The van der Waals surface area contributed by atoms with Crippen molar-refractivity contribution in [1.29, 1.82) is 0 Å². The largest absolute Gasteiger partial charge is 0.426 e. The van der Waals surface area contributed by atoms with Gasteiger partial charge < -0.3 is 9.84 Å². The number of rotatable bonds is 2. The number of nitrogens with zero attached hydrogens (tertiary/aromatic N) is 2. The summed E-state index contributed by atoms with van der Waals surface area (Å²) in [5.74, 6) is -2.29. The molecule has 2 rings (SSSR count). The van der Waals surface area contributed by atoms with E-state index < -0.39 is 35.0 Å². The van der Waals surface area contributed by atoms with E-state index >= 15 is 0 Å². The molecule has 1 N–H and O–H groups in total. The first-order chi connectivity index (χ1) is 11.7. The summed E-state index contributed by atoms with van der Waals surface area (Å²) >= 11 is 0. The molecule has 0 amide bonds. The second-order valence-corrected chi connectivity index (χ2v) is 7.44. The first-order valence-corrected chi connectivity index (χ1v) is 8.14. The Labute approximate surface area is 147 Å².